The van der Waals surface area contributed by atoms with Crippen LogP contribution in [-0.2, 0) is 0 Å². The van der Waals surface area contributed by atoms with Gasteiger partial charge in [0.1, 0.15) is 0 Å². The summed E-state index contributed by atoms with van der Waals surface area (Å²) < 4.78 is 2.36. The van der Waals surface area contributed by atoms with E-state index in [-0.39, 0.29) is 0 Å². The third-order valence-corrected chi connectivity index (χ3v) is 18.8. The van der Waals surface area contributed by atoms with Crippen LogP contribution in [0.3, 0.4) is 0 Å². The van der Waals surface area contributed by atoms with Crippen molar-refractivity contribution in [1.29, 1.82) is 0 Å². The minimum absolute atomic E-state index is 0.990. The number of nitrogens with zero attached hydrogens (tertiary/aromatic N) is 3. The summed E-state index contributed by atoms with van der Waals surface area (Å²) in [5, 5.41) is 16.1. The first-order valence-electron chi connectivity index (χ1n) is 19.2. The SMILES string of the molecule is [Se]=P(c1ccc2ccccc2c1)(c1ccc2cc(-c3ccc4c5c6ccccc6ccc5c5nc6ccccc6n5c4c3)ccc2c1)c1ccc2cccnc2c1. The Labute approximate surface area is 336 Å². The predicted octanol–water partition coefficient (Wildman–Crippen LogP) is 11.8. The molecule has 57 heavy (non-hydrogen) atoms. The average Bonchev–Trinajstić information content (AvgIpc) is 3.68. The van der Waals surface area contributed by atoms with Gasteiger partial charge < -0.3 is 0 Å². The first kappa shape index (κ1) is 32.8. The normalized spacial score (nSPS) is 13.1. The molecule has 0 fully saturated rings. The Balaban J connectivity index is 1.04. The molecule has 12 rings (SSSR count). The van der Waals surface area contributed by atoms with Crippen LogP contribution in [0.25, 0.3) is 92.7 Å². The van der Waals surface area contributed by atoms with Gasteiger partial charge in [-0.2, -0.15) is 0 Å². The molecule has 0 aliphatic carbocycles. The summed E-state index contributed by atoms with van der Waals surface area (Å²) in [7, 11) is 0. The van der Waals surface area contributed by atoms with Crippen LogP contribution >= 0.6 is 5.51 Å². The van der Waals surface area contributed by atoms with Crippen LogP contribution < -0.4 is 15.9 Å². The van der Waals surface area contributed by atoms with Crippen molar-refractivity contribution < 1.29 is 0 Å². The zero-order valence-electron chi connectivity index (χ0n) is 30.7. The van der Waals surface area contributed by atoms with Gasteiger partial charge in [-0.3, -0.25) is 0 Å². The Hall–Kier alpha value is -6.41. The topological polar surface area (TPSA) is 30.2 Å². The van der Waals surface area contributed by atoms with E-state index in [1.165, 1.54) is 75.5 Å². The Morgan fingerprint density at radius 1 is 0.404 bits per heavy atom. The Morgan fingerprint density at radius 3 is 1.88 bits per heavy atom. The van der Waals surface area contributed by atoms with E-state index in [4.69, 9.17) is 9.97 Å². The van der Waals surface area contributed by atoms with Crippen molar-refractivity contribution in [3.05, 3.63) is 194 Å². The second kappa shape index (κ2) is 12.5. The molecular formula is C52H32N3PSe. The number of hydrogen-bond donors (Lipinski definition) is 0. The number of pyridine rings is 2. The number of fused-ring (bicyclic) bond motifs is 13. The van der Waals surface area contributed by atoms with Gasteiger partial charge in [-0.15, -0.1) is 0 Å². The molecule has 3 aromatic heterocycles. The van der Waals surface area contributed by atoms with Crippen LogP contribution in [0.15, 0.2) is 194 Å². The maximum atomic E-state index is 5.20. The molecule has 12 aromatic rings. The molecule has 0 saturated heterocycles. The second-order valence-electron chi connectivity index (χ2n) is 15.0. The number of benzene rings is 9. The van der Waals surface area contributed by atoms with E-state index in [1.807, 2.05) is 12.3 Å². The molecule has 0 N–H and O–H groups in total. The Morgan fingerprint density at radius 2 is 1.00 bits per heavy atom. The average molecular weight is 809 g/mol. The molecule has 1 atom stereocenters. The van der Waals surface area contributed by atoms with E-state index in [1.54, 1.807) is 0 Å². The fourth-order valence-electron chi connectivity index (χ4n) is 8.99. The molecule has 0 aliphatic heterocycles. The number of para-hydroxylation sites is 2. The van der Waals surface area contributed by atoms with Crippen LogP contribution in [0, 0.1) is 0 Å². The van der Waals surface area contributed by atoms with E-state index in [0.29, 0.717) is 0 Å². The summed E-state index contributed by atoms with van der Waals surface area (Å²) in [6, 6.07) is 69.1. The van der Waals surface area contributed by atoms with Crippen molar-refractivity contribution in [2.75, 3.05) is 0 Å². The standard InChI is InChI=1S/C52H32N3PSe/c57-56(41-22-17-33-8-1-2-10-36(33)29-41,43-23-18-35-11-7-27-53-48(35)32-43)42-24-19-38-28-37(15-16-39(38)30-42)40-21-25-45-50(31-40)55-49-14-6-5-13-47(49)54-52(55)46-26-20-34-9-3-4-12-44(34)51(45)46/h1-32H. The quantitative estimate of drug-likeness (QED) is 0.101. The molecule has 0 radical (unpaired) electrons. The van der Waals surface area contributed by atoms with E-state index in [2.05, 4.69) is 201 Å². The minimum atomic E-state index is -2.19. The van der Waals surface area contributed by atoms with Crippen molar-refractivity contribution in [1.82, 2.24) is 14.4 Å². The van der Waals surface area contributed by atoms with Crippen molar-refractivity contribution in [2.45, 2.75) is 0 Å². The molecule has 266 valence electrons. The van der Waals surface area contributed by atoms with Crippen LogP contribution in [0.5, 0.6) is 0 Å². The van der Waals surface area contributed by atoms with Gasteiger partial charge in [0, 0.05) is 5.39 Å². The maximum absolute atomic E-state index is 5.20. The van der Waals surface area contributed by atoms with Crippen LogP contribution in [0.4, 0.5) is 0 Å². The number of imidazole rings is 1. The van der Waals surface area contributed by atoms with Crippen molar-refractivity contribution in [3.8, 4) is 11.1 Å². The van der Waals surface area contributed by atoms with Crippen LogP contribution in [0.2, 0.25) is 0 Å². The molecule has 0 amide bonds. The molecule has 0 aliphatic rings. The first-order valence-corrected chi connectivity index (χ1v) is 23.2. The van der Waals surface area contributed by atoms with Crippen molar-refractivity contribution >= 4 is 118 Å². The van der Waals surface area contributed by atoms with Gasteiger partial charge in [0.05, 0.1) is 5.52 Å². The first-order chi connectivity index (χ1) is 28.1. The molecular weight excluding hydrogens is 777 g/mol. The van der Waals surface area contributed by atoms with Crippen LogP contribution in [0.1, 0.15) is 0 Å². The van der Waals surface area contributed by atoms with Crippen molar-refractivity contribution in [3.63, 3.8) is 0 Å². The van der Waals surface area contributed by atoms with Crippen molar-refractivity contribution in [2.24, 2.45) is 0 Å². The third kappa shape index (κ3) is 5.02. The summed E-state index contributed by atoms with van der Waals surface area (Å²) >= 11 is 3.81. The Bertz CT molecular complexity index is 3610. The predicted molar refractivity (Wildman–Crippen MR) is 245 cm³/mol. The van der Waals surface area contributed by atoms with Gasteiger partial charge in [-0.05, 0) is 29.0 Å². The number of rotatable bonds is 4. The van der Waals surface area contributed by atoms with E-state index >= 15 is 0 Å². The van der Waals surface area contributed by atoms with E-state index in [0.717, 1.165) is 33.1 Å². The summed E-state index contributed by atoms with van der Waals surface area (Å²) in [6.45, 7) is 0. The molecule has 0 spiro atoms. The number of aromatic nitrogens is 3. The molecule has 0 saturated carbocycles. The molecule has 3 nitrogen and oxygen atoms in total. The molecule has 3 heterocycles. The summed E-state index contributed by atoms with van der Waals surface area (Å²) in [6.07, 6.45) is 1.88. The van der Waals surface area contributed by atoms with Crippen LogP contribution in [-0.4, -0.2) is 29.5 Å². The van der Waals surface area contributed by atoms with Gasteiger partial charge in [-0.1, -0.05) is 42.5 Å². The Kier molecular flexibility index (Phi) is 7.22. The van der Waals surface area contributed by atoms with Gasteiger partial charge >= 0.3 is 251 Å². The monoisotopic (exact) mass is 809 g/mol. The molecule has 0 bridgehead atoms. The summed E-state index contributed by atoms with van der Waals surface area (Å²) in [5.41, 5.74) is 5.46. The summed E-state index contributed by atoms with van der Waals surface area (Å²) in [4.78, 5) is 9.96. The number of hydrogen-bond acceptors (Lipinski definition) is 2. The fraction of sp³-hybridized carbons (Fsp3) is 0. The van der Waals surface area contributed by atoms with Gasteiger partial charge in [-0.25, -0.2) is 4.98 Å². The fourth-order valence-corrected chi connectivity index (χ4v) is 13.8. The molecule has 5 heteroatoms. The van der Waals surface area contributed by atoms with Gasteiger partial charge in [0.2, 0.25) is 0 Å². The zero-order chi connectivity index (χ0) is 37.7. The zero-order valence-corrected chi connectivity index (χ0v) is 33.3. The molecule has 1 unspecified atom stereocenters. The van der Waals surface area contributed by atoms with Gasteiger partial charge in [0.15, 0.2) is 0 Å². The second-order valence-corrected chi connectivity index (χ2v) is 21.2. The molecule has 9 aromatic carbocycles. The summed E-state index contributed by atoms with van der Waals surface area (Å²) in [5.74, 6) is 0. The van der Waals surface area contributed by atoms with E-state index < -0.39 is 5.51 Å². The third-order valence-electron chi connectivity index (χ3n) is 11.8. The van der Waals surface area contributed by atoms with Gasteiger partial charge in [0.25, 0.3) is 0 Å². The van der Waals surface area contributed by atoms with E-state index in [9.17, 15) is 0 Å².